The second kappa shape index (κ2) is 9.51. The van der Waals surface area contributed by atoms with Gasteiger partial charge in [-0.1, -0.05) is 24.3 Å². The molecule has 8 heteroatoms. The highest BCUT2D eigenvalue weighted by molar-refractivity contribution is 7.92. The first-order valence-corrected chi connectivity index (χ1v) is 10.0. The number of para-hydroxylation sites is 1. The van der Waals surface area contributed by atoms with Crippen molar-refractivity contribution < 1.29 is 13.2 Å². The predicted molar refractivity (Wildman–Crippen MR) is 109 cm³/mol. The summed E-state index contributed by atoms with van der Waals surface area (Å²) in [6.45, 7) is 3.07. The van der Waals surface area contributed by atoms with Crippen molar-refractivity contribution in [2.45, 2.75) is 18.2 Å². The number of rotatable bonds is 8. The molecule has 2 rings (SSSR count). The number of nitrogens with one attached hydrogen (secondary N) is 3. The summed E-state index contributed by atoms with van der Waals surface area (Å²) < 4.78 is 33.0. The Bertz CT molecular complexity index is 840. The summed E-state index contributed by atoms with van der Waals surface area (Å²) in [6.07, 6.45) is 0.826. The van der Waals surface area contributed by atoms with Crippen LogP contribution in [0.2, 0.25) is 0 Å². The van der Waals surface area contributed by atoms with E-state index in [1.165, 1.54) is 0 Å². The Labute approximate surface area is 160 Å². The van der Waals surface area contributed by atoms with E-state index < -0.39 is 10.0 Å². The van der Waals surface area contributed by atoms with Crippen LogP contribution in [0.1, 0.15) is 12.0 Å². The third-order valence-corrected chi connectivity index (χ3v) is 5.34. The van der Waals surface area contributed by atoms with Gasteiger partial charge in [-0.05, 0) is 55.4 Å². The molecule has 2 aromatic rings. The Hall–Kier alpha value is -2.16. The molecule has 0 saturated heterocycles. The van der Waals surface area contributed by atoms with E-state index in [4.69, 9.17) is 17.0 Å². The summed E-state index contributed by atoms with van der Waals surface area (Å²) >= 11 is 5.23. The third kappa shape index (κ3) is 5.98. The van der Waals surface area contributed by atoms with Crippen molar-refractivity contribution in [1.29, 1.82) is 0 Å². The minimum Gasteiger partial charge on any atom is -0.385 e. The molecule has 0 amide bonds. The largest absolute Gasteiger partial charge is 0.385 e. The minimum atomic E-state index is -3.70. The molecule has 0 atom stereocenters. The van der Waals surface area contributed by atoms with Crippen LogP contribution in [-0.2, 0) is 14.8 Å². The minimum absolute atomic E-state index is 0.202. The van der Waals surface area contributed by atoms with E-state index in [0.717, 1.165) is 6.42 Å². The smallest absolute Gasteiger partial charge is 0.262 e. The third-order valence-electron chi connectivity index (χ3n) is 3.57. The molecule has 140 valence electrons. The fourth-order valence-electron chi connectivity index (χ4n) is 2.28. The van der Waals surface area contributed by atoms with Gasteiger partial charge in [0.15, 0.2) is 5.11 Å². The Morgan fingerprint density at radius 1 is 1.12 bits per heavy atom. The number of aryl methyl sites for hydroxylation is 1. The summed E-state index contributed by atoms with van der Waals surface area (Å²) in [7, 11) is -2.05. The van der Waals surface area contributed by atoms with Crippen molar-refractivity contribution in [3.63, 3.8) is 0 Å². The van der Waals surface area contributed by atoms with Crippen LogP contribution in [0.4, 0.5) is 11.4 Å². The highest BCUT2D eigenvalue weighted by Crippen LogP contribution is 2.23. The quantitative estimate of drug-likeness (QED) is 0.472. The molecule has 0 spiro atoms. The predicted octanol–water partition coefficient (Wildman–Crippen LogP) is 3.12. The van der Waals surface area contributed by atoms with Crippen molar-refractivity contribution in [3.05, 3.63) is 54.1 Å². The lowest BCUT2D eigenvalue weighted by atomic mass is 10.2. The topological polar surface area (TPSA) is 79.5 Å². The molecule has 0 aliphatic rings. The maximum Gasteiger partial charge on any atom is 0.262 e. The number of hydrogen-bond acceptors (Lipinski definition) is 4. The second-order valence-electron chi connectivity index (χ2n) is 5.68. The monoisotopic (exact) mass is 393 g/mol. The van der Waals surface area contributed by atoms with E-state index in [2.05, 4.69) is 15.4 Å². The van der Waals surface area contributed by atoms with E-state index in [-0.39, 0.29) is 4.90 Å². The molecule has 0 fully saturated rings. The van der Waals surface area contributed by atoms with Crippen molar-refractivity contribution >= 4 is 38.7 Å². The molecule has 0 heterocycles. The van der Waals surface area contributed by atoms with Crippen molar-refractivity contribution in [3.8, 4) is 0 Å². The lowest BCUT2D eigenvalue weighted by Gasteiger charge is -2.14. The maximum atomic E-state index is 12.7. The van der Waals surface area contributed by atoms with E-state index >= 15 is 0 Å². The average Bonchev–Trinajstić information content (AvgIpc) is 2.61. The van der Waals surface area contributed by atoms with Crippen LogP contribution in [0.15, 0.2) is 53.4 Å². The van der Waals surface area contributed by atoms with Gasteiger partial charge in [0.1, 0.15) is 0 Å². The van der Waals surface area contributed by atoms with Gasteiger partial charge in [0.05, 0.1) is 4.90 Å². The Morgan fingerprint density at radius 3 is 2.54 bits per heavy atom. The molecule has 3 N–H and O–H groups in total. The van der Waals surface area contributed by atoms with Crippen LogP contribution in [-0.4, -0.2) is 33.8 Å². The fraction of sp³-hybridized carbons (Fsp3) is 0.278. The first-order chi connectivity index (χ1) is 12.4. The molecule has 6 nitrogen and oxygen atoms in total. The molecular weight excluding hydrogens is 370 g/mol. The van der Waals surface area contributed by atoms with Crippen molar-refractivity contribution in [2.75, 3.05) is 30.3 Å². The summed E-state index contributed by atoms with van der Waals surface area (Å²) in [4.78, 5) is 0.202. The van der Waals surface area contributed by atoms with Gasteiger partial charge in [-0.3, -0.25) is 4.72 Å². The number of thiocarbonyl (C=S) groups is 1. The lowest BCUT2D eigenvalue weighted by Crippen LogP contribution is -2.29. The number of anilines is 2. The Kier molecular flexibility index (Phi) is 7.38. The summed E-state index contributed by atoms with van der Waals surface area (Å²) in [6, 6.07) is 13.9. The van der Waals surface area contributed by atoms with Gasteiger partial charge in [0.25, 0.3) is 10.0 Å². The molecule has 0 radical (unpaired) electrons. The van der Waals surface area contributed by atoms with Crippen molar-refractivity contribution in [1.82, 2.24) is 5.32 Å². The van der Waals surface area contributed by atoms with Crippen LogP contribution in [0.25, 0.3) is 0 Å². The van der Waals surface area contributed by atoms with E-state index in [1.54, 1.807) is 56.5 Å². The fourth-order valence-corrected chi connectivity index (χ4v) is 3.83. The van der Waals surface area contributed by atoms with Gasteiger partial charge in [0.2, 0.25) is 0 Å². The number of sulfonamides is 1. The van der Waals surface area contributed by atoms with E-state index in [0.29, 0.717) is 35.2 Å². The van der Waals surface area contributed by atoms with Gasteiger partial charge in [-0.25, -0.2) is 8.42 Å². The SMILES string of the molecule is COCCCNC(=S)Nc1ccc(C)c(S(=O)(=O)Nc2ccccc2)c1. The molecule has 0 aliphatic heterocycles. The van der Waals surface area contributed by atoms with Gasteiger partial charge in [-0.15, -0.1) is 0 Å². The summed E-state index contributed by atoms with van der Waals surface area (Å²) in [5.41, 5.74) is 1.77. The average molecular weight is 394 g/mol. The standard InChI is InChI=1S/C18H23N3O3S2/c1-14-9-10-16(20-18(25)19-11-6-12-24-2)13-17(14)26(22,23)21-15-7-4-3-5-8-15/h3-5,7-10,13,21H,6,11-12H2,1-2H3,(H2,19,20,25). The normalized spacial score (nSPS) is 11.0. The first kappa shape index (κ1) is 20.2. The van der Waals surface area contributed by atoms with E-state index in [9.17, 15) is 8.42 Å². The van der Waals surface area contributed by atoms with Crippen LogP contribution in [0, 0.1) is 6.92 Å². The second-order valence-corrected chi connectivity index (χ2v) is 7.74. The molecule has 26 heavy (non-hydrogen) atoms. The lowest BCUT2D eigenvalue weighted by molar-refractivity contribution is 0.196. The van der Waals surface area contributed by atoms with Gasteiger partial charge >= 0.3 is 0 Å². The maximum absolute atomic E-state index is 12.7. The molecular formula is C18H23N3O3S2. The number of methoxy groups -OCH3 is 1. The molecule has 0 aromatic heterocycles. The summed E-state index contributed by atoms with van der Waals surface area (Å²) in [5.74, 6) is 0. The number of benzene rings is 2. The zero-order valence-electron chi connectivity index (χ0n) is 14.8. The van der Waals surface area contributed by atoms with E-state index in [1.807, 2.05) is 6.07 Å². The van der Waals surface area contributed by atoms with Crippen molar-refractivity contribution in [2.24, 2.45) is 0 Å². The summed E-state index contributed by atoms with van der Waals surface area (Å²) in [5, 5.41) is 6.50. The number of ether oxygens (including phenoxy) is 1. The highest BCUT2D eigenvalue weighted by atomic mass is 32.2. The van der Waals surface area contributed by atoms with Crippen LogP contribution in [0.5, 0.6) is 0 Å². The van der Waals surface area contributed by atoms with Crippen LogP contribution < -0.4 is 15.4 Å². The molecule has 0 bridgehead atoms. The first-order valence-electron chi connectivity index (χ1n) is 8.14. The highest BCUT2D eigenvalue weighted by Gasteiger charge is 2.17. The van der Waals surface area contributed by atoms with Crippen LogP contribution in [0.3, 0.4) is 0 Å². The Balaban J connectivity index is 2.10. The van der Waals surface area contributed by atoms with Gasteiger partial charge in [0, 0.05) is 31.6 Å². The Morgan fingerprint density at radius 2 is 1.85 bits per heavy atom. The molecule has 0 unspecified atom stereocenters. The number of hydrogen-bond donors (Lipinski definition) is 3. The zero-order chi connectivity index (χ0) is 19.0. The zero-order valence-corrected chi connectivity index (χ0v) is 16.4. The van der Waals surface area contributed by atoms with Crippen LogP contribution >= 0.6 is 12.2 Å². The molecule has 2 aromatic carbocycles. The van der Waals surface area contributed by atoms with Gasteiger partial charge in [-0.2, -0.15) is 0 Å². The molecule has 0 saturated carbocycles. The van der Waals surface area contributed by atoms with Gasteiger partial charge < -0.3 is 15.4 Å². The molecule has 0 aliphatic carbocycles.